The predicted molar refractivity (Wildman–Crippen MR) is 132 cm³/mol. The van der Waals surface area contributed by atoms with Gasteiger partial charge in [-0.1, -0.05) is 30.3 Å². The van der Waals surface area contributed by atoms with Gasteiger partial charge in [-0.2, -0.15) is 0 Å². The van der Waals surface area contributed by atoms with Crippen LogP contribution in [0, 0.1) is 5.82 Å². The summed E-state index contributed by atoms with van der Waals surface area (Å²) in [5.74, 6) is -0.267. The Labute approximate surface area is 200 Å². The standard InChI is InChI=1S/C26H29FN2O4S/c1-19(9-10-20-7-5-4-6-8-20)28-26(30)21-11-16-25(33-2)22(17-21)18-29(34(3,31)32)24-14-12-23(27)13-15-24/h4-8,11-17,19H,9-10,18H2,1-3H3,(H,28,30)/t19-/m1/s1. The predicted octanol–water partition coefficient (Wildman–Crippen LogP) is 4.55. The lowest BCUT2D eigenvalue weighted by Crippen LogP contribution is -2.33. The van der Waals surface area contributed by atoms with Crippen molar-refractivity contribution in [3.8, 4) is 5.75 Å². The van der Waals surface area contributed by atoms with Crippen LogP contribution in [0.4, 0.5) is 10.1 Å². The number of sulfonamides is 1. The van der Waals surface area contributed by atoms with Crippen LogP contribution < -0.4 is 14.4 Å². The van der Waals surface area contributed by atoms with Gasteiger partial charge >= 0.3 is 0 Å². The molecule has 0 saturated carbocycles. The van der Waals surface area contributed by atoms with Crippen molar-refractivity contribution in [3.63, 3.8) is 0 Å². The van der Waals surface area contributed by atoms with E-state index in [1.165, 1.54) is 36.9 Å². The maximum atomic E-state index is 13.4. The van der Waals surface area contributed by atoms with Gasteiger partial charge < -0.3 is 10.1 Å². The zero-order chi connectivity index (χ0) is 24.7. The van der Waals surface area contributed by atoms with E-state index in [1.54, 1.807) is 18.2 Å². The Morgan fingerprint density at radius 3 is 2.35 bits per heavy atom. The van der Waals surface area contributed by atoms with E-state index in [1.807, 2.05) is 25.1 Å². The lowest BCUT2D eigenvalue weighted by atomic mass is 10.0. The number of carbonyl (C=O) groups is 1. The number of amides is 1. The van der Waals surface area contributed by atoms with Crippen LogP contribution in [-0.2, 0) is 23.0 Å². The third-order valence-corrected chi connectivity index (χ3v) is 6.60. The molecule has 0 aromatic heterocycles. The first-order valence-electron chi connectivity index (χ1n) is 10.9. The van der Waals surface area contributed by atoms with Gasteiger partial charge in [-0.3, -0.25) is 9.10 Å². The number of nitrogens with zero attached hydrogens (tertiary/aromatic N) is 1. The van der Waals surface area contributed by atoms with Crippen molar-refractivity contribution in [2.75, 3.05) is 17.7 Å². The number of halogens is 1. The third-order valence-electron chi connectivity index (χ3n) is 5.46. The molecule has 1 amide bonds. The summed E-state index contributed by atoms with van der Waals surface area (Å²) in [7, 11) is -2.21. The maximum Gasteiger partial charge on any atom is 0.251 e. The van der Waals surface area contributed by atoms with Gasteiger partial charge in [0.1, 0.15) is 11.6 Å². The van der Waals surface area contributed by atoms with Crippen molar-refractivity contribution >= 4 is 21.6 Å². The lowest BCUT2D eigenvalue weighted by Gasteiger charge is -2.24. The summed E-state index contributed by atoms with van der Waals surface area (Å²) in [5.41, 5.74) is 2.43. The van der Waals surface area contributed by atoms with Gasteiger partial charge in [-0.05, 0) is 67.8 Å². The van der Waals surface area contributed by atoms with Gasteiger partial charge in [0.25, 0.3) is 5.91 Å². The van der Waals surface area contributed by atoms with Crippen LogP contribution >= 0.6 is 0 Å². The second kappa shape index (κ2) is 11.2. The first kappa shape index (κ1) is 25.2. The number of nitrogens with one attached hydrogen (secondary N) is 1. The van der Waals surface area contributed by atoms with Crippen molar-refractivity contribution in [2.24, 2.45) is 0 Å². The molecule has 0 saturated heterocycles. The van der Waals surface area contributed by atoms with E-state index >= 15 is 0 Å². The zero-order valence-corrected chi connectivity index (χ0v) is 20.3. The normalized spacial score (nSPS) is 12.1. The highest BCUT2D eigenvalue weighted by molar-refractivity contribution is 7.92. The van der Waals surface area contributed by atoms with E-state index < -0.39 is 15.8 Å². The highest BCUT2D eigenvalue weighted by Gasteiger charge is 2.21. The van der Waals surface area contributed by atoms with Crippen molar-refractivity contribution in [1.82, 2.24) is 5.32 Å². The van der Waals surface area contributed by atoms with E-state index in [9.17, 15) is 17.6 Å². The van der Waals surface area contributed by atoms with Crippen molar-refractivity contribution in [3.05, 3.63) is 95.3 Å². The second-order valence-corrected chi connectivity index (χ2v) is 10.1. The highest BCUT2D eigenvalue weighted by Crippen LogP contribution is 2.27. The fourth-order valence-corrected chi connectivity index (χ4v) is 4.49. The van der Waals surface area contributed by atoms with Crippen LogP contribution in [0.5, 0.6) is 5.75 Å². The molecule has 3 aromatic rings. The quantitative estimate of drug-likeness (QED) is 0.458. The molecule has 0 aliphatic carbocycles. The van der Waals surface area contributed by atoms with Gasteiger partial charge in [-0.15, -0.1) is 0 Å². The number of rotatable bonds is 10. The largest absolute Gasteiger partial charge is 0.496 e. The second-order valence-electron chi connectivity index (χ2n) is 8.17. The Morgan fingerprint density at radius 1 is 1.06 bits per heavy atom. The highest BCUT2D eigenvalue weighted by atomic mass is 32.2. The SMILES string of the molecule is COc1ccc(C(=O)N[C@H](C)CCc2ccccc2)cc1CN(c1ccc(F)cc1)S(C)(=O)=O. The van der Waals surface area contributed by atoms with E-state index in [0.717, 1.165) is 23.4 Å². The molecule has 3 rings (SSSR count). The molecule has 0 spiro atoms. The zero-order valence-electron chi connectivity index (χ0n) is 19.5. The molecular formula is C26H29FN2O4S. The fourth-order valence-electron chi connectivity index (χ4n) is 3.61. The summed E-state index contributed by atoms with van der Waals surface area (Å²) in [5, 5.41) is 3.00. The van der Waals surface area contributed by atoms with Crippen LogP contribution in [0.2, 0.25) is 0 Å². The maximum absolute atomic E-state index is 13.4. The number of hydrogen-bond acceptors (Lipinski definition) is 4. The fraction of sp³-hybridized carbons (Fsp3) is 0.269. The first-order valence-corrected chi connectivity index (χ1v) is 12.8. The van der Waals surface area contributed by atoms with Crippen LogP contribution in [0.1, 0.15) is 34.8 Å². The topological polar surface area (TPSA) is 75.7 Å². The van der Waals surface area contributed by atoms with Crippen LogP contribution in [0.25, 0.3) is 0 Å². The van der Waals surface area contributed by atoms with E-state index in [-0.39, 0.29) is 18.5 Å². The van der Waals surface area contributed by atoms with Crippen molar-refractivity contribution < 1.29 is 22.3 Å². The molecule has 34 heavy (non-hydrogen) atoms. The van der Waals surface area contributed by atoms with Gasteiger partial charge in [-0.25, -0.2) is 12.8 Å². The summed E-state index contributed by atoms with van der Waals surface area (Å²) < 4.78 is 44.9. The number of aryl methyl sites for hydroxylation is 1. The molecule has 0 fully saturated rings. The first-order chi connectivity index (χ1) is 16.2. The van der Waals surface area contributed by atoms with Gasteiger partial charge in [0.2, 0.25) is 10.0 Å². The Hall–Kier alpha value is -3.39. The lowest BCUT2D eigenvalue weighted by molar-refractivity contribution is 0.0938. The molecule has 0 bridgehead atoms. The number of benzene rings is 3. The average Bonchev–Trinajstić information content (AvgIpc) is 2.81. The molecule has 0 radical (unpaired) electrons. The van der Waals surface area contributed by atoms with Crippen LogP contribution in [0.3, 0.4) is 0 Å². The average molecular weight is 485 g/mol. The van der Waals surface area contributed by atoms with Crippen LogP contribution in [-0.4, -0.2) is 33.7 Å². The van der Waals surface area contributed by atoms with E-state index in [4.69, 9.17) is 4.74 Å². The summed E-state index contributed by atoms with van der Waals surface area (Å²) in [6, 6.07) is 20.1. The Balaban J connectivity index is 1.77. The Morgan fingerprint density at radius 2 is 1.74 bits per heavy atom. The summed E-state index contributed by atoms with van der Waals surface area (Å²) >= 11 is 0. The number of hydrogen-bond donors (Lipinski definition) is 1. The smallest absolute Gasteiger partial charge is 0.251 e. The summed E-state index contributed by atoms with van der Waals surface area (Å²) in [4.78, 5) is 12.9. The minimum atomic E-state index is -3.69. The Bertz CT molecular complexity index is 1220. The molecular weight excluding hydrogens is 455 g/mol. The number of ether oxygens (including phenoxy) is 1. The van der Waals surface area contributed by atoms with Crippen LogP contribution in [0.15, 0.2) is 72.8 Å². The molecule has 0 heterocycles. The summed E-state index contributed by atoms with van der Waals surface area (Å²) in [6.07, 6.45) is 2.70. The van der Waals surface area contributed by atoms with E-state index in [0.29, 0.717) is 22.6 Å². The minimum Gasteiger partial charge on any atom is -0.496 e. The number of methoxy groups -OCH3 is 1. The number of carbonyl (C=O) groups excluding carboxylic acids is 1. The molecule has 6 nitrogen and oxygen atoms in total. The van der Waals surface area contributed by atoms with Crippen molar-refractivity contribution in [2.45, 2.75) is 32.4 Å². The molecule has 1 atom stereocenters. The van der Waals surface area contributed by atoms with E-state index in [2.05, 4.69) is 17.4 Å². The molecule has 3 aromatic carbocycles. The van der Waals surface area contributed by atoms with Gasteiger partial charge in [0, 0.05) is 17.2 Å². The molecule has 180 valence electrons. The molecule has 0 aliphatic rings. The number of anilines is 1. The Kier molecular flexibility index (Phi) is 8.28. The van der Waals surface area contributed by atoms with Gasteiger partial charge in [0.05, 0.1) is 25.6 Å². The minimum absolute atomic E-state index is 0.0509. The monoisotopic (exact) mass is 484 g/mol. The van der Waals surface area contributed by atoms with Crippen molar-refractivity contribution in [1.29, 1.82) is 0 Å². The molecule has 0 aliphatic heterocycles. The molecule has 1 N–H and O–H groups in total. The third kappa shape index (κ3) is 6.81. The molecule has 0 unspecified atom stereocenters. The molecule has 8 heteroatoms. The van der Waals surface area contributed by atoms with Gasteiger partial charge in [0.15, 0.2) is 0 Å². The summed E-state index contributed by atoms with van der Waals surface area (Å²) in [6.45, 7) is 1.88.